The fourth-order valence-corrected chi connectivity index (χ4v) is 4.54. The van der Waals surface area contributed by atoms with Gasteiger partial charge in [0, 0.05) is 6.54 Å². The number of carbonyl (C=O) groups excluding carboxylic acids is 2. The summed E-state index contributed by atoms with van der Waals surface area (Å²) in [5.74, 6) is 0.494. The molecule has 2 amide bonds. The Morgan fingerprint density at radius 3 is 2.38 bits per heavy atom. The molecule has 4 rings (SSSR count). The van der Waals surface area contributed by atoms with Crippen molar-refractivity contribution in [3.05, 3.63) is 35.9 Å². The van der Waals surface area contributed by atoms with Crippen molar-refractivity contribution in [2.24, 2.45) is 5.92 Å². The van der Waals surface area contributed by atoms with E-state index < -0.39 is 11.1 Å². The predicted octanol–water partition coefficient (Wildman–Crippen LogP) is 3.02. The van der Waals surface area contributed by atoms with E-state index in [0.29, 0.717) is 12.5 Å². The highest BCUT2D eigenvalue weighted by molar-refractivity contribution is 6.02. The molecular weight excluding hydrogens is 300 g/mol. The van der Waals surface area contributed by atoms with E-state index in [0.717, 1.165) is 50.5 Å². The van der Waals surface area contributed by atoms with Gasteiger partial charge < -0.3 is 10.2 Å². The summed E-state index contributed by atoms with van der Waals surface area (Å²) < 4.78 is 0. The van der Waals surface area contributed by atoms with Crippen LogP contribution in [0, 0.1) is 5.92 Å². The smallest absolute Gasteiger partial charge is 0.249 e. The lowest BCUT2D eigenvalue weighted by molar-refractivity contribution is -0.166. The highest BCUT2D eigenvalue weighted by Crippen LogP contribution is 2.48. The molecule has 1 atom stereocenters. The lowest BCUT2D eigenvalue weighted by Crippen LogP contribution is -2.75. The van der Waals surface area contributed by atoms with Gasteiger partial charge in [-0.3, -0.25) is 9.59 Å². The Hall–Kier alpha value is -1.84. The summed E-state index contributed by atoms with van der Waals surface area (Å²) in [7, 11) is 0. The molecule has 1 heterocycles. The first-order chi connectivity index (χ1) is 11.6. The van der Waals surface area contributed by atoms with Crippen LogP contribution in [0.25, 0.3) is 0 Å². The van der Waals surface area contributed by atoms with E-state index in [1.807, 2.05) is 42.2 Å². The molecule has 128 valence electrons. The molecule has 1 saturated heterocycles. The minimum Gasteiger partial charge on any atom is -0.340 e. The number of hydrogen-bond acceptors (Lipinski definition) is 2. The van der Waals surface area contributed by atoms with Crippen molar-refractivity contribution in [3.8, 4) is 0 Å². The van der Waals surface area contributed by atoms with E-state index in [4.69, 9.17) is 0 Å². The number of amides is 2. The molecule has 1 aromatic rings. The predicted molar refractivity (Wildman–Crippen MR) is 92.1 cm³/mol. The molecule has 1 unspecified atom stereocenters. The summed E-state index contributed by atoms with van der Waals surface area (Å²) in [6.45, 7) is 2.50. The van der Waals surface area contributed by atoms with E-state index in [1.165, 1.54) is 0 Å². The number of nitrogens with one attached hydrogen (secondary N) is 1. The summed E-state index contributed by atoms with van der Waals surface area (Å²) in [5, 5.41) is 3.18. The largest absolute Gasteiger partial charge is 0.340 e. The molecule has 4 nitrogen and oxygen atoms in total. The third-order valence-electron chi connectivity index (χ3n) is 6.29. The zero-order valence-electron chi connectivity index (χ0n) is 14.4. The summed E-state index contributed by atoms with van der Waals surface area (Å²) in [5.41, 5.74) is -0.257. The van der Waals surface area contributed by atoms with Gasteiger partial charge in [-0.15, -0.1) is 0 Å². The van der Waals surface area contributed by atoms with Crippen LogP contribution >= 0.6 is 0 Å². The monoisotopic (exact) mass is 326 g/mol. The maximum atomic E-state index is 13.5. The Kier molecular flexibility index (Phi) is 3.66. The molecule has 0 radical (unpaired) electrons. The number of piperazine rings is 1. The van der Waals surface area contributed by atoms with Gasteiger partial charge in [0.25, 0.3) is 0 Å². The molecule has 0 bridgehead atoms. The summed E-state index contributed by atoms with van der Waals surface area (Å²) in [4.78, 5) is 28.5. The van der Waals surface area contributed by atoms with E-state index in [2.05, 4.69) is 5.32 Å². The Balaban J connectivity index is 1.71. The third-order valence-corrected chi connectivity index (χ3v) is 6.29. The highest BCUT2D eigenvalue weighted by atomic mass is 16.2. The van der Waals surface area contributed by atoms with Gasteiger partial charge >= 0.3 is 0 Å². The van der Waals surface area contributed by atoms with Crippen molar-refractivity contribution in [2.75, 3.05) is 0 Å². The molecular formula is C20H26N2O2. The topological polar surface area (TPSA) is 49.4 Å². The van der Waals surface area contributed by atoms with Gasteiger partial charge in [0.1, 0.15) is 11.1 Å². The molecule has 0 aromatic heterocycles. The van der Waals surface area contributed by atoms with Crippen molar-refractivity contribution in [3.63, 3.8) is 0 Å². The van der Waals surface area contributed by atoms with Crippen molar-refractivity contribution in [2.45, 2.75) is 69.5 Å². The molecule has 1 aromatic carbocycles. The van der Waals surface area contributed by atoms with Crippen LogP contribution < -0.4 is 5.32 Å². The number of benzene rings is 1. The zero-order valence-corrected chi connectivity index (χ0v) is 14.4. The number of hydrogen-bond donors (Lipinski definition) is 1. The van der Waals surface area contributed by atoms with Gasteiger partial charge in [0.15, 0.2) is 0 Å². The van der Waals surface area contributed by atoms with Crippen LogP contribution in [0.4, 0.5) is 0 Å². The van der Waals surface area contributed by atoms with Crippen LogP contribution in [-0.4, -0.2) is 27.8 Å². The minimum absolute atomic E-state index is 0.0578. The van der Waals surface area contributed by atoms with Crippen molar-refractivity contribution < 1.29 is 9.59 Å². The minimum atomic E-state index is -0.699. The average molecular weight is 326 g/mol. The molecule has 3 fully saturated rings. The maximum Gasteiger partial charge on any atom is 0.249 e. The number of carbonyl (C=O) groups is 2. The first kappa shape index (κ1) is 15.7. The standard InChI is InChI=1S/C20H26N2O2/c1-19(16-10-11-16)17(23)21-20(12-6-3-7-13-20)18(24)22(19)14-15-8-4-2-5-9-15/h2,4-5,8-9,16H,3,6-7,10-14H2,1H3,(H,21,23). The van der Waals surface area contributed by atoms with Crippen molar-refractivity contribution >= 4 is 11.8 Å². The first-order valence-electron chi connectivity index (χ1n) is 9.25. The first-order valence-corrected chi connectivity index (χ1v) is 9.25. The van der Waals surface area contributed by atoms with Crippen molar-refractivity contribution in [1.82, 2.24) is 10.2 Å². The fourth-order valence-electron chi connectivity index (χ4n) is 4.54. The molecule has 2 saturated carbocycles. The number of nitrogens with zero attached hydrogens (tertiary/aromatic N) is 1. The van der Waals surface area contributed by atoms with E-state index in [9.17, 15) is 9.59 Å². The fraction of sp³-hybridized carbons (Fsp3) is 0.600. The van der Waals surface area contributed by atoms with Crippen molar-refractivity contribution in [1.29, 1.82) is 0 Å². The molecule has 24 heavy (non-hydrogen) atoms. The van der Waals surface area contributed by atoms with Gasteiger partial charge in [-0.1, -0.05) is 49.6 Å². The Morgan fingerprint density at radius 1 is 1.08 bits per heavy atom. The molecule has 4 heteroatoms. The Labute approximate surface area is 143 Å². The van der Waals surface area contributed by atoms with Gasteiger partial charge in [-0.05, 0) is 44.1 Å². The van der Waals surface area contributed by atoms with Gasteiger partial charge in [-0.2, -0.15) is 0 Å². The zero-order chi connectivity index (χ0) is 16.8. The van der Waals surface area contributed by atoms with E-state index in [-0.39, 0.29) is 11.8 Å². The Morgan fingerprint density at radius 2 is 1.75 bits per heavy atom. The molecule has 3 aliphatic rings. The molecule has 1 N–H and O–H groups in total. The SMILES string of the molecule is CC1(C2CC2)C(=O)NC2(CCCCC2)C(=O)N1Cc1ccccc1. The molecule has 1 aliphatic heterocycles. The lowest BCUT2D eigenvalue weighted by atomic mass is 9.75. The second-order valence-electron chi connectivity index (χ2n) is 7.90. The second kappa shape index (κ2) is 5.61. The summed E-state index contributed by atoms with van der Waals surface area (Å²) >= 11 is 0. The molecule has 2 aliphatic carbocycles. The number of rotatable bonds is 3. The van der Waals surface area contributed by atoms with Crippen LogP contribution in [0.2, 0.25) is 0 Å². The lowest BCUT2D eigenvalue weighted by Gasteiger charge is -2.52. The van der Waals surface area contributed by atoms with Crippen LogP contribution in [-0.2, 0) is 16.1 Å². The normalized spacial score (nSPS) is 29.6. The van der Waals surface area contributed by atoms with Gasteiger partial charge in [0.2, 0.25) is 11.8 Å². The summed E-state index contributed by atoms with van der Waals surface area (Å²) in [6, 6.07) is 10.1. The van der Waals surface area contributed by atoms with E-state index in [1.54, 1.807) is 0 Å². The third kappa shape index (κ3) is 2.35. The van der Waals surface area contributed by atoms with Crippen LogP contribution in [0.15, 0.2) is 30.3 Å². The van der Waals surface area contributed by atoms with E-state index >= 15 is 0 Å². The summed E-state index contributed by atoms with van der Waals surface area (Å²) in [6.07, 6.45) is 6.83. The second-order valence-corrected chi connectivity index (χ2v) is 7.90. The van der Waals surface area contributed by atoms with Gasteiger partial charge in [0.05, 0.1) is 0 Å². The van der Waals surface area contributed by atoms with Crippen LogP contribution in [0.1, 0.15) is 57.4 Å². The molecule has 1 spiro atoms. The van der Waals surface area contributed by atoms with Crippen LogP contribution in [0.5, 0.6) is 0 Å². The highest BCUT2D eigenvalue weighted by Gasteiger charge is 2.61. The quantitative estimate of drug-likeness (QED) is 0.928. The van der Waals surface area contributed by atoms with Crippen LogP contribution in [0.3, 0.4) is 0 Å². The van der Waals surface area contributed by atoms with Gasteiger partial charge in [-0.25, -0.2) is 0 Å². The maximum absolute atomic E-state index is 13.5. The average Bonchev–Trinajstić information content (AvgIpc) is 3.44. The Bertz CT molecular complexity index is 647.